The summed E-state index contributed by atoms with van der Waals surface area (Å²) >= 11 is 0. The summed E-state index contributed by atoms with van der Waals surface area (Å²) in [5, 5.41) is 5.68. The van der Waals surface area contributed by atoms with Crippen molar-refractivity contribution in [2.24, 2.45) is 5.73 Å². The molecule has 2 aliphatic heterocycles. The fourth-order valence-corrected chi connectivity index (χ4v) is 6.58. The molecular weight excluding hydrogens is 622 g/mol. The Morgan fingerprint density at radius 3 is 2.47 bits per heavy atom. The fraction of sp³-hybridized carbons (Fsp3) is 0.364. The number of carbonyl (C=O) groups excluding carboxylic acids is 1. The molecule has 6 rings (SSSR count). The number of alkyl halides is 3. The zero-order valence-electron chi connectivity index (χ0n) is 25.4. The Balaban J connectivity index is 1.57. The highest BCUT2D eigenvalue weighted by Gasteiger charge is 2.50. The number of rotatable bonds is 8. The number of nitrogens with zero attached hydrogens (tertiary/aromatic N) is 2. The molecule has 1 unspecified atom stereocenters. The number of nitrogens with one attached hydrogen (secondary N) is 2. The van der Waals surface area contributed by atoms with Crippen LogP contribution in [0.1, 0.15) is 69.3 Å². The van der Waals surface area contributed by atoms with Crippen LogP contribution in [-0.2, 0) is 36.0 Å². The molecule has 0 aliphatic carbocycles. The van der Waals surface area contributed by atoms with Crippen LogP contribution in [0, 0.1) is 5.82 Å². The summed E-state index contributed by atoms with van der Waals surface area (Å²) in [4.78, 5) is 40.9. The van der Waals surface area contributed by atoms with Gasteiger partial charge < -0.3 is 25.5 Å². The Labute approximate surface area is 266 Å². The lowest BCUT2D eigenvalue weighted by Gasteiger charge is -2.34. The number of hydrogen-bond donors (Lipinski definition) is 3. The second-order valence-electron chi connectivity index (χ2n) is 11.7. The van der Waals surface area contributed by atoms with Gasteiger partial charge in [-0.15, -0.1) is 0 Å². The van der Waals surface area contributed by atoms with Crippen LogP contribution in [0.5, 0.6) is 0 Å². The van der Waals surface area contributed by atoms with Crippen molar-refractivity contribution < 1.29 is 31.5 Å². The average Bonchev–Trinajstić information content (AvgIpc) is 3.64. The van der Waals surface area contributed by atoms with Crippen molar-refractivity contribution in [3.63, 3.8) is 0 Å². The van der Waals surface area contributed by atoms with E-state index in [0.29, 0.717) is 31.5 Å². The molecule has 4 heterocycles. The Morgan fingerprint density at radius 1 is 1.06 bits per heavy atom. The van der Waals surface area contributed by atoms with Crippen LogP contribution in [-0.4, -0.2) is 35.2 Å². The number of furan rings is 1. The maximum Gasteiger partial charge on any atom is 0.416 e. The number of aromatic nitrogens is 2. The number of piperidine rings is 1. The van der Waals surface area contributed by atoms with Gasteiger partial charge in [0.25, 0.3) is 11.5 Å². The molecule has 2 atom stereocenters. The summed E-state index contributed by atoms with van der Waals surface area (Å²) in [5.74, 6) is -1.34. The number of fused-ring (bicyclic) bond motifs is 2. The average molecular weight is 656 g/mol. The van der Waals surface area contributed by atoms with Crippen molar-refractivity contribution in [3.8, 4) is 0 Å². The molecule has 1 spiro atoms. The summed E-state index contributed by atoms with van der Waals surface area (Å²) in [5.41, 5.74) is 2.41. The van der Waals surface area contributed by atoms with Gasteiger partial charge in [-0.3, -0.25) is 18.7 Å². The van der Waals surface area contributed by atoms with Crippen molar-refractivity contribution >= 4 is 5.91 Å². The van der Waals surface area contributed by atoms with E-state index in [2.05, 4.69) is 10.6 Å². The van der Waals surface area contributed by atoms with Gasteiger partial charge in [0.2, 0.25) is 0 Å². The molecule has 2 aliphatic rings. The van der Waals surface area contributed by atoms with Gasteiger partial charge in [0, 0.05) is 25.1 Å². The third-order valence-electron chi connectivity index (χ3n) is 8.85. The summed E-state index contributed by atoms with van der Waals surface area (Å²) in [6.07, 6.45) is -5.39. The number of ether oxygens (including phenoxy) is 1. The molecule has 10 nitrogen and oxygen atoms in total. The Kier molecular flexibility index (Phi) is 8.68. The molecule has 248 valence electrons. The molecule has 1 fully saturated rings. The van der Waals surface area contributed by atoms with E-state index in [1.807, 2.05) is 0 Å². The van der Waals surface area contributed by atoms with Crippen LogP contribution >= 0.6 is 0 Å². The second kappa shape index (κ2) is 12.6. The molecule has 0 saturated carbocycles. The highest BCUT2D eigenvalue weighted by Crippen LogP contribution is 2.48. The summed E-state index contributed by atoms with van der Waals surface area (Å²) in [6, 6.07) is 13.5. The van der Waals surface area contributed by atoms with Crippen LogP contribution < -0.4 is 27.6 Å². The Hall–Kier alpha value is -4.53. The molecule has 14 heteroatoms. The summed E-state index contributed by atoms with van der Waals surface area (Å²) in [7, 11) is 1.44. The third-order valence-corrected chi connectivity index (χ3v) is 8.85. The highest BCUT2D eigenvalue weighted by atomic mass is 19.4. The maximum absolute atomic E-state index is 15.3. The van der Waals surface area contributed by atoms with Crippen LogP contribution in [0.3, 0.4) is 0 Å². The van der Waals surface area contributed by atoms with Gasteiger partial charge in [0.1, 0.15) is 23.3 Å². The van der Waals surface area contributed by atoms with Gasteiger partial charge >= 0.3 is 11.9 Å². The van der Waals surface area contributed by atoms with E-state index in [1.165, 1.54) is 13.1 Å². The van der Waals surface area contributed by atoms with Crippen molar-refractivity contribution in [2.75, 3.05) is 20.1 Å². The lowest BCUT2D eigenvalue weighted by Crippen LogP contribution is -2.49. The number of nitrogens with two attached hydrogens (primary N) is 1. The van der Waals surface area contributed by atoms with E-state index in [-0.39, 0.29) is 35.7 Å². The topological polar surface area (TPSA) is 134 Å². The monoisotopic (exact) mass is 655 g/mol. The number of halogens is 4. The predicted molar refractivity (Wildman–Crippen MR) is 162 cm³/mol. The van der Waals surface area contributed by atoms with Crippen molar-refractivity contribution in [2.45, 2.75) is 56.3 Å². The minimum atomic E-state index is -4.93. The normalized spacial score (nSPS) is 17.9. The second-order valence-corrected chi connectivity index (χ2v) is 11.7. The fourth-order valence-electron chi connectivity index (χ4n) is 6.58. The predicted octanol–water partition coefficient (Wildman–Crippen LogP) is 3.76. The molecule has 1 saturated heterocycles. The first-order valence-electron chi connectivity index (χ1n) is 15.2. The van der Waals surface area contributed by atoms with E-state index >= 15 is 4.39 Å². The first kappa shape index (κ1) is 32.4. The van der Waals surface area contributed by atoms with Crippen molar-refractivity contribution in [1.82, 2.24) is 19.8 Å². The molecule has 4 N–H and O–H groups in total. The van der Waals surface area contributed by atoms with E-state index in [1.54, 1.807) is 36.4 Å². The van der Waals surface area contributed by atoms with E-state index in [0.717, 1.165) is 27.3 Å². The van der Waals surface area contributed by atoms with Gasteiger partial charge in [0.05, 0.1) is 29.9 Å². The number of carbonyl (C=O) groups is 1. The molecule has 1 amide bonds. The first-order valence-corrected chi connectivity index (χ1v) is 15.2. The highest BCUT2D eigenvalue weighted by molar-refractivity contribution is 5.91. The van der Waals surface area contributed by atoms with Gasteiger partial charge in [-0.05, 0) is 55.8 Å². The quantitative estimate of drug-likeness (QED) is 0.246. The van der Waals surface area contributed by atoms with Gasteiger partial charge in [-0.25, -0.2) is 9.18 Å². The van der Waals surface area contributed by atoms with E-state index in [9.17, 15) is 27.6 Å². The van der Waals surface area contributed by atoms with Crippen LogP contribution in [0.15, 0.2) is 74.7 Å². The molecule has 47 heavy (non-hydrogen) atoms. The van der Waals surface area contributed by atoms with Crippen LogP contribution in [0.25, 0.3) is 0 Å². The van der Waals surface area contributed by atoms with Crippen molar-refractivity contribution in [1.29, 1.82) is 0 Å². The Bertz CT molecular complexity index is 1910. The van der Waals surface area contributed by atoms with E-state index in [4.69, 9.17) is 14.9 Å². The minimum absolute atomic E-state index is 0.0150. The molecule has 0 bridgehead atoms. The Morgan fingerprint density at radius 2 is 1.79 bits per heavy atom. The van der Waals surface area contributed by atoms with E-state index < -0.39 is 64.6 Å². The van der Waals surface area contributed by atoms with Crippen molar-refractivity contribution in [3.05, 3.63) is 127 Å². The largest absolute Gasteiger partial charge is 0.456 e. The molecule has 4 aromatic rings. The number of amides is 1. The smallest absolute Gasteiger partial charge is 0.416 e. The maximum atomic E-state index is 15.3. The number of hydrogen-bond acceptors (Lipinski definition) is 7. The van der Waals surface area contributed by atoms with Crippen LogP contribution in [0.2, 0.25) is 0 Å². The van der Waals surface area contributed by atoms with Gasteiger partial charge in [-0.2, -0.15) is 13.2 Å². The van der Waals surface area contributed by atoms with Gasteiger partial charge in [-0.1, -0.05) is 36.4 Å². The van der Waals surface area contributed by atoms with Crippen LogP contribution in [0.4, 0.5) is 17.6 Å². The molecule has 2 aromatic heterocycles. The zero-order valence-corrected chi connectivity index (χ0v) is 25.4. The number of benzene rings is 2. The lowest BCUT2D eigenvalue weighted by atomic mass is 9.85. The lowest BCUT2D eigenvalue weighted by molar-refractivity contribution is -0.138. The third kappa shape index (κ3) is 6.03. The SMILES string of the molecule is CNC(=O)c1ccc(C[C@H]2OC3(CCNCC3)c3c2n(Cc2c(F)cccc2C(F)(F)F)c(=O)n(CC(N)c2ccccc2)c3=O)o1. The zero-order chi connectivity index (χ0) is 33.5. The summed E-state index contributed by atoms with van der Waals surface area (Å²) < 4.78 is 72.0. The first-order chi connectivity index (χ1) is 22.4. The molecule has 0 radical (unpaired) electrons. The summed E-state index contributed by atoms with van der Waals surface area (Å²) in [6.45, 7) is -0.201. The molecular formula is C33H33F4N5O5. The molecule has 2 aromatic carbocycles. The van der Waals surface area contributed by atoms with Gasteiger partial charge in [0.15, 0.2) is 5.76 Å². The standard InChI is InChI=1S/C33H33F4N5O5/c1-39-29(43)25-11-10-20(46-25)16-26-28-27(32(47-26)12-14-40-15-13-32)30(44)42(18-24(38)19-6-3-2-4-7-19)31(45)41(28)17-21-22(33(35,36)37)8-5-9-23(21)34/h2-11,24,26,40H,12-18,38H2,1H3,(H,39,43)/t24?,26-/m1/s1. The minimum Gasteiger partial charge on any atom is -0.456 e.